The zero-order valence-corrected chi connectivity index (χ0v) is 13.6. The minimum absolute atomic E-state index is 0.190. The lowest BCUT2D eigenvalue weighted by atomic mass is 9.63. The van der Waals surface area contributed by atoms with Crippen LogP contribution in [0.2, 0.25) is 0 Å². The van der Waals surface area contributed by atoms with Gasteiger partial charge in [-0.25, -0.2) is 14.2 Å². The third-order valence-corrected chi connectivity index (χ3v) is 4.44. The van der Waals surface area contributed by atoms with Crippen molar-refractivity contribution in [1.82, 2.24) is 4.98 Å². The van der Waals surface area contributed by atoms with Crippen LogP contribution in [0.5, 0.6) is 0 Å². The van der Waals surface area contributed by atoms with Gasteiger partial charge in [0.05, 0.1) is 24.3 Å². The molecule has 1 aliphatic carbocycles. The Morgan fingerprint density at radius 3 is 2.40 bits per heavy atom. The van der Waals surface area contributed by atoms with Gasteiger partial charge in [-0.15, -0.1) is 0 Å². The summed E-state index contributed by atoms with van der Waals surface area (Å²) in [6, 6.07) is 9.34. The zero-order valence-electron chi connectivity index (χ0n) is 13.6. The predicted molar refractivity (Wildman–Crippen MR) is 87.2 cm³/mol. The van der Waals surface area contributed by atoms with E-state index in [-0.39, 0.29) is 5.91 Å². The van der Waals surface area contributed by atoms with Gasteiger partial charge in [-0.2, -0.15) is 4.89 Å². The Hall–Kier alpha value is -2.80. The molecule has 25 heavy (non-hydrogen) atoms. The zero-order chi connectivity index (χ0) is 17.9. The summed E-state index contributed by atoms with van der Waals surface area (Å²) in [5.74, 6) is -0.949. The van der Waals surface area contributed by atoms with Gasteiger partial charge in [0.25, 0.3) is 0 Å². The van der Waals surface area contributed by atoms with Crippen molar-refractivity contribution in [3.05, 3.63) is 59.5 Å². The van der Waals surface area contributed by atoms with E-state index in [1.54, 1.807) is 24.3 Å². The maximum Gasteiger partial charge on any atom is 0.373 e. The van der Waals surface area contributed by atoms with Gasteiger partial charge in [0, 0.05) is 0 Å². The fraction of sp³-hybridized carbons (Fsp3) is 0.278. The number of aromatic nitrogens is 1. The van der Waals surface area contributed by atoms with E-state index < -0.39 is 17.2 Å². The first-order chi connectivity index (χ1) is 12.0. The van der Waals surface area contributed by atoms with E-state index in [2.05, 4.69) is 20.1 Å². The molecule has 0 bridgehead atoms. The molecule has 3 rings (SSSR count). The minimum atomic E-state index is -0.667. The normalized spacial score (nSPS) is 15.1. The Kier molecular flexibility index (Phi) is 4.76. The minimum Gasteiger partial charge on any atom is -0.310 e. The summed E-state index contributed by atoms with van der Waals surface area (Å²) in [5.41, 5.74) is 0.479. The smallest absolute Gasteiger partial charge is 0.310 e. The molecule has 1 saturated carbocycles. The molecule has 0 spiro atoms. The van der Waals surface area contributed by atoms with Crippen molar-refractivity contribution in [3.8, 4) is 0 Å². The van der Waals surface area contributed by atoms with Crippen LogP contribution in [0.25, 0.3) is 0 Å². The molecule has 1 aliphatic rings. The number of benzene rings is 1. The quantitative estimate of drug-likeness (QED) is 0.666. The molecular formula is C18H17FN2O4. The second kappa shape index (κ2) is 6.98. The van der Waals surface area contributed by atoms with Crippen LogP contribution in [0.1, 0.15) is 35.2 Å². The first kappa shape index (κ1) is 17.0. The molecule has 0 atom stereocenters. The second-order valence-corrected chi connectivity index (χ2v) is 5.87. The van der Waals surface area contributed by atoms with Crippen LogP contribution >= 0.6 is 0 Å². The summed E-state index contributed by atoms with van der Waals surface area (Å²) in [6.07, 6.45) is 3.38. The van der Waals surface area contributed by atoms with Gasteiger partial charge in [-0.3, -0.25) is 9.68 Å². The van der Waals surface area contributed by atoms with Gasteiger partial charge in [0.1, 0.15) is 11.6 Å². The van der Waals surface area contributed by atoms with Crippen molar-refractivity contribution >= 4 is 17.7 Å². The summed E-state index contributed by atoms with van der Waals surface area (Å²) in [7, 11) is 1.25. The van der Waals surface area contributed by atoms with Crippen molar-refractivity contribution in [3.63, 3.8) is 0 Å². The van der Waals surface area contributed by atoms with Crippen molar-refractivity contribution in [1.29, 1.82) is 0 Å². The van der Waals surface area contributed by atoms with Gasteiger partial charge in [-0.1, -0.05) is 18.6 Å². The summed E-state index contributed by atoms with van der Waals surface area (Å²) < 4.78 is 12.9. The number of nitrogens with zero attached hydrogens (tertiary/aromatic N) is 1. The highest BCUT2D eigenvalue weighted by atomic mass is 19.1. The van der Waals surface area contributed by atoms with Crippen LogP contribution in [0.15, 0.2) is 42.6 Å². The van der Waals surface area contributed by atoms with E-state index >= 15 is 0 Å². The van der Waals surface area contributed by atoms with Crippen molar-refractivity contribution in [2.75, 3.05) is 12.4 Å². The van der Waals surface area contributed by atoms with E-state index in [0.29, 0.717) is 24.2 Å². The average Bonchev–Trinajstić information content (AvgIpc) is 2.57. The maximum atomic E-state index is 12.9. The van der Waals surface area contributed by atoms with Gasteiger partial charge in [0.2, 0.25) is 5.91 Å². The van der Waals surface area contributed by atoms with Crippen LogP contribution in [0.3, 0.4) is 0 Å². The molecule has 0 saturated heterocycles. The van der Waals surface area contributed by atoms with E-state index in [9.17, 15) is 14.0 Å². The number of anilines is 1. The summed E-state index contributed by atoms with van der Waals surface area (Å²) in [6.45, 7) is 0. The summed E-state index contributed by atoms with van der Waals surface area (Å²) in [4.78, 5) is 37.1. The van der Waals surface area contributed by atoms with Crippen LogP contribution in [-0.4, -0.2) is 24.0 Å². The van der Waals surface area contributed by atoms with Crippen molar-refractivity contribution < 1.29 is 23.8 Å². The van der Waals surface area contributed by atoms with Gasteiger partial charge >= 0.3 is 5.97 Å². The number of hydrogen-bond donors (Lipinski definition) is 1. The molecule has 1 heterocycles. The number of amides is 1. The van der Waals surface area contributed by atoms with Crippen LogP contribution in [0.4, 0.5) is 10.2 Å². The monoisotopic (exact) mass is 344 g/mol. The highest BCUT2D eigenvalue weighted by Gasteiger charge is 2.45. The van der Waals surface area contributed by atoms with E-state index in [1.165, 1.54) is 19.2 Å². The van der Waals surface area contributed by atoms with Gasteiger partial charge in [-0.05, 0) is 42.7 Å². The van der Waals surface area contributed by atoms with Crippen LogP contribution < -0.4 is 5.32 Å². The molecular weight excluding hydrogens is 327 g/mol. The lowest BCUT2D eigenvalue weighted by Gasteiger charge is -2.40. The third-order valence-electron chi connectivity index (χ3n) is 4.44. The highest BCUT2D eigenvalue weighted by molar-refractivity contribution is 5.99. The summed E-state index contributed by atoms with van der Waals surface area (Å²) >= 11 is 0. The lowest BCUT2D eigenvalue weighted by Crippen LogP contribution is -2.46. The molecule has 1 aromatic carbocycles. The van der Waals surface area contributed by atoms with Gasteiger partial charge in [0.15, 0.2) is 0 Å². The molecule has 2 aromatic rings. The number of rotatable bonds is 5. The molecule has 0 radical (unpaired) electrons. The number of nitrogens with one attached hydrogen (secondary N) is 1. The largest absolute Gasteiger partial charge is 0.373 e. The Balaban J connectivity index is 1.79. The second-order valence-electron chi connectivity index (χ2n) is 5.87. The molecule has 130 valence electrons. The van der Waals surface area contributed by atoms with Gasteiger partial charge < -0.3 is 5.32 Å². The standard InChI is InChI=1S/C18H17FN2O4/c1-24-25-16(22)12-3-5-13(6-4-12)18(9-2-10-18)17(23)21-15-8-7-14(19)11-20-15/h3-8,11H,2,9-10H2,1H3,(H,20,21,23). The fourth-order valence-electron chi connectivity index (χ4n) is 2.91. The Morgan fingerprint density at radius 2 is 1.88 bits per heavy atom. The Bertz CT molecular complexity index is 771. The molecule has 1 amide bonds. The first-order valence-corrected chi connectivity index (χ1v) is 7.84. The molecule has 6 nitrogen and oxygen atoms in total. The molecule has 1 aromatic heterocycles. The number of carbonyl (C=O) groups excluding carboxylic acids is 2. The van der Waals surface area contributed by atoms with Crippen LogP contribution in [0, 0.1) is 5.82 Å². The number of pyridine rings is 1. The molecule has 0 unspecified atom stereocenters. The van der Waals surface area contributed by atoms with E-state index in [1.807, 2.05) is 0 Å². The molecule has 1 fully saturated rings. The Morgan fingerprint density at radius 1 is 1.16 bits per heavy atom. The fourth-order valence-corrected chi connectivity index (χ4v) is 2.91. The number of hydrogen-bond acceptors (Lipinski definition) is 5. The Labute approximate surface area is 143 Å². The topological polar surface area (TPSA) is 77.5 Å². The molecule has 1 N–H and O–H groups in total. The first-order valence-electron chi connectivity index (χ1n) is 7.84. The average molecular weight is 344 g/mol. The lowest BCUT2D eigenvalue weighted by molar-refractivity contribution is -0.216. The van der Waals surface area contributed by atoms with Crippen molar-refractivity contribution in [2.24, 2.45) is 0 Å². The number of carbonyl (C=O) groups is 2. The number of halogens is 1. The molecule has 0 aliphatic heterocycles. The molecule has 7 heteroatoms. The van der Waals surface area contributed by atoms with Crippen LogP contribution in [-0.2, 0) is 20.0 Å². The summed E-state index contributed by atoms with van der Waals surface area (Å²) in [5, 5.41) is 2.74. The maximum absolute atomic E-state index is 12.9. The highest BCUT2D eigenvalue weighted by Crippen LogP contribution is 2.44. The van der Waals surface area contributed by atoms with Crippen molar-refractivity contribution in [2.45, 2.75) is 24.7 Å². The third kappa shape index (κ3) is 3.36. The SMILES string of the molecule is COOC(=O)c1ccc(C2(C(=O)Nc3ccc(F)cn3)CCC2)cc1. The van der Waals surface area contributed by atoms with E-state index in [0.717, 1.165) is 18.2 Å². The predicted octanol–water partition coefficient (Wildman–Crippen LogP) is 3.00. The van der Waals surface area contributed by atoms with E-state index in [4.69, 9.17) is 0 Å².